The molecule has 2 bridgehead atoms. The lowest BCUT2D eigenvalue weighted by Crippen LogP contribution is -2.47. The fourth-order valence-electron chi connectivity index (χ4n) is 3.60. The van der Waals surface area contributed by atoms with Gasteiger partial charge in [0.15, 0.2) is 0 Å². The summed E-state index contributed by atoms with van der Waals surface area (Å²) < 4.78 is 1.91. The Labute approximate surface area is 147 Å². The van der Waals surface area contributed by atoms with Crippen molar-refractivity contribution in [3.63, 3.8) is 0 Å². The van der Waals surface area contributed by atoms with Crippen LogP contribution in [0.1, 0.15) is 18.0 Å². The van der Waals surface area contributed by atoms with E-state index in [1.807, 2.05) is 16.7 Å². The predicted molar refractivity (Wildman–Crippen MR) is 93.0 cm³/mol. The zero-order valence-corrected chi connectivity index (χ0v) is 14.4. The number of carbonyl (C=O) groups is 1. The van der Waals surface area contributed by atoms with E-state index in [9.17, 15) is 9.59 Å². The van der Waals surface area contributed by atoms with Gasteiger partial charge in [0, 0.05) is 37.3 Å². The van der Waals surface area contributed by atoms with Gasteiger partial charge in [0.1, 0.15) is 5.88 Å². The van der Waals surface area contributed by atoms with Gasteiger partial charge in [-0.2, -0.15) is 0 Å². The minimum absolute atomic E-state index is 0.0811. The number of rotatable bonds is 3. The second-order valence-corrected chi connectivity index (χ2v) is 7.40. The number of amides is 1. The second kappa shape index (κ2) is 6.18. The molecule has 2 aliphatic rings. The number of anilines is 2. The Hall–Kier alpha value is -1.93. The summed E-state index contributed by atoms with van der Waals surface area (Å²) in [5.74, 6) is 0.342. The van der Waals surface area contributed by atoms with Gasteiger partial charge < -0.3 is 9.47 Å². The van der Waals surface area contributed by atoms with E-state index in [2.05, 4.69) is 20.4 Å². The van der Waals surface area contributed by atoms with E-state index in [4.69, 9.17) is 11.6 Å². The lowest BCUT2D eigenvalue weighted by Gasteiger charge is -2.42. The number of hydrogen-bond donors (Lipinski definition) is 1. The van der Waals surface area contributed by atoms with Crippen molar-refractivity contribution in [3.8, 4) is 0 Å². The van der Waals surface area contributed by atoms with Gasteiger partial charge >= 0.3 is 0 Å². The minimum atomic E-state index is -0.289. The maximum atomic E-state index is 12.1. The highest BCUT2D eigenvalue weighted by Crippen LogP contribution is 2.38. The summed E-state index contributed by atoms with van der Waals surface area (Å²) >= 11 is 6.84. The summed E-state index contributed by atoms with van der Waals surface area (Å²) in [6.07, 6.45) is 1.09. The van der Waals surface area contributed by atoms with Crippen molar-refractivity contribution < 1.29 is 4.79 Å². The standard InChI is InChI=1S/C15H16ClN5O2S/c16-5-12(22)17-14-18-19-15(24-14)20-6-9-4-10(8-20)11-2-1-3-13(23)21(11)7-9/h1-3,9-10H,4-8H2,(H,17,18,22)/t9-,10-/m0/s1. The molecule has 2 aliphatic heterocycles. The molecule has 1 N–H and O–H groups in total. The van der Waals surface area contributed by atoms with Gasteiger partial charge in [-0.1, -0.05) is 17.4 Å². The fourth-order valence-corrected chi connectivity index (χ4v) is 4.45. The molecule has 24 heavy (non-hydrogen) atoms. The predicted octanol–water partition coefficient (Wildman–Crippen LogP) is 1.50. The van der Waals surface area contributed by atoms with Crippen LogP contribution in [0.25, 0.3) is 0 Å². The number of nitrogens with zero attached hydrogens (tertiary/aromatic N) is 4. The van der Waals surface area contributed by atoms with Crippen LogP contribution in [0.5, 0.6) is 0 Å². The first kappa shape index (κ1) is 15.6. The van der Waals surface area contributed by atoms with E-state index in [-0.39, 0.29) is 17.3 Å². The van der Waals surface area contributed by atoms with E-state index < -0.39 is 0 Å². The third-order valence-electron chi connectivity index (χ3n) is 4.53. The molecule has 1 amide bonds. The number of alkyl halides is 1. The molecule has 0 aromatic carbocycles. The van der Waals surface area contributed by atoms with Crippen LogP contribution >= 0.6 is 22.9 Å². The molecule has 0 spiro atoms. The van der Waals surface area contributed by atoms with Gasteiger partial charge in [-0.3, -0.25) is 14.9 Å². The molecule has 7 nitrogen and oxygen atoms in total. The molecule has 2 aromatic rings. The first-order chi connectivity index (χ1) is 11.6. The van der Waals surface area contributed by atoms with Crippen molar-refractivity contribution in [2.75, 3.05) is 29.2 Å². The molecule has 0 saturated carbocycles. The number of aromatic nitrogens is 3. The quantitative estimate of drug-likeness (QED) is 0.834. The Balaban J connectivity index is 1.56. The number of hydrogen-bond acceptors (Lipinski definition) is 6. The molecule has 1 saturated heterocycles. The first-order valence-electron chi connectivity index (χ1n) is 7.78. The van der Waals surface area contributed by atoms with Crippen LogP contribution in [-0.4, -0.2) is 39.6 Å². The summed E-state index contributed by atoms with van der Waals surface area (Å²) in [6, 6.07) is 5.50. The number of carbonyl (C=O) groups excluding carboxylic acids is 1. The van der Waals surface area contributed by atoms with Crippen molar-refractivity contribution in [1.29, 1.82) is 0 Å². The number of nitrogens with one attached hydrogen (secondary N) is 1. The molecule has 4 heterocycles. The van der Waals surface area contributed by atoms with Crippen molar-refractivity contribution in [3.05, 3.63) is 34.2 Å². The molecule has 126 valence electrons. The van der Waals surface area contributed by atoms with Crippen LogP contribution in [0.3, 0.4) is 0 Å². The van der Waals surface area contributed by atoms with Crippen LogP contribution in [0, 0.1) is 5.92 Å². The Morgan fingerprint density at radius 2 is 2.21 bits per heavy atom. The third-order valence-corrected chi connectivity index (χ3v) is 5.67. The SMILES string of the molecule is O=C(CCl)Nc1nnc(N2C[C@@H]3C[C@@H](C2)c2cccc(=O)n2C3)s1. The average molecular weight is 366 g/mol. The largest absolute Gasteiger partial charge is 0.346 e. The fraction of sp³-hybridized carbons (Fsp3) is 0.467. The third kappa shape index (κ3) is 2.80. The summed E-state index contributed by atoms with van der Waals surface area (Å²) in [5.41, 5.74) is 1.18. The molecular weight excluding hydrogens is 350 g/mol. The monoisotopic (exact) mass is 365 g/mol. The first-order valence-corrected chi connectivity index (χ1v) is 9.13. The minimum Gasteiger partial charge on any atom is -0.346 e. The van der Waals surface area contributed by atoms with E-state index >= 15 is 0 Å². The normalized spacial score (nSPS) is 22.1. The van der Waals surface area contributed by atoms with Crippen LogP contribution in [0.4, 0.5) is 10.3 Å². The lowest BCUT2D eigenvalue weighted by molar-refractivity contribution is -0.113. The van der Waals surface area contributed by atoms with Crippen LogP contribution in [0.15, 0.2) is 23.0 Å². The molecular formula is C15H16ClN5O2S. The van der Waals surface area contributed by atoms with E-state index in [1.165, 1.54) is 11.3 Å². The molecule has 0 unspecified atom stereocenters. The summed E-state index contributed by atoms with van der Waals surface area (Å²) in [6.45, 7) is 2.39. The Bertz CT molecular complexity index is 835. The highest BCUT2D eigenvalue weighted by molar-refractivity contribution is 7.19. The van der Waals surface area contributed by atoms with Crippen molar-refractivity contribution in [1.82, 2.24) is 14.8 Å². The summed E-state index contributed by atoms with van der Waals surface area (Å²) in [4.78, 5) is 25.6. The van der Waals surface area contributed by atoms with Gasteiger partial charge in [-0.15, -0.1) is 21.8 Å². The zero-order chi connectivity index (χ0) is 16.7. The zero-order valence-electron chi connectivity index (χ0n) is 12.8. The molecule has 4 rings (SSSR count). The average Bonchev–Trinajstić information content (AvgIpc) is 3.04. The Morgan fingerprint density at radius 3 is 3.04 bits per heavy atom. The highest BCUT2D eigenvalue weighted by Gasteiger charge is 2.35. The van der Waals surface area contributed by atoms with Gasteiger partial charge in [-0.25, -0.2) is 0 Å². The Kier molecular flexibility index (Phi) is 4.01. The number of piperidine rings is 1. The highest BCUT2D eigenvalue weighted by atomic mass is 35.5. The van der Waals surface area contributed by atoms with E-state index in [1.54, 1.807) is 6.07 Å². The number of pyridine rings is 1. The van der Waals surface area contributed by atoms with Crippen LogP contribution < -0.4 is 15.8 Å². The summed E-state index contributed by atoms with van der Waals surface area (Å²) in [7, 11) is 0. The smallest absolute Gasteiger partial charge is 0.250 e. The van der Waals surface area contributed by atoms with Gasteiger partial charge in [0.25, 0.3) is 5.56 Å². The van der Waals surface area contributed by atoms with Crippen molar-refractivity contribution in [2.45, 2.75) is 18.9 Å². The van der Waals surface area contributed by atoms with Gasteiger partial charge in [0.05, 0.1) is 0 Å². The summed E-state index contributed by atoms with van der Waals surface area (Å²) in [5, 5.41) is 12.1. The number of fused-ring (bicyclic) bond motifs is 4. The van der Waals surface area contributed by atoms with Crippen LogP contribution in [0.2, 0.25) is 0 Å². The molecule has 2 atom stereocenters. The molecule has 9 heteroatoms. The van der Waals surface area contributed by atoms with Gasteiger partial charge in [-0.05, 0) is 18.4 Å². The molecule has 2 aromatic heterocycles. The van der Waals surface area contributed by atoms with Crippen molar-refractivity contribution >= 4 is 39.1 Å². The van der Waals surface area contributed by atoms with Gasteiger partial charge in [0.2, 0.25) is 16.2 Å². The lowest BCUT2D eigenvalue weighted by atomic mass is 9.83. The van der Waals surface area contributed by atoms with E-state index in [0.717, 1.165) is 36.9 Å². The molecule has 0 aliphatic carbocycles. The van der Waals surface area contributed by atoms with Crippen LogP contribution in [-0.2, 0) is 11.3 Å². The maximum Gasteiger partial charge on any atom is 0.250 e. The van der Waals surface area contributed by atoms with E-state index in [0.29, 0.717) is 17.0 Å². The molecule has 0 radical (unpaired) electrons. The molecule has 1 fully saturated rings. The Morgan fingerprint density at radius 1 is 1.33 bits per heavy atom. The number of halogens is 1. The topological polar surface area (TPSA) is 80.1 Å². The second-order valence-electron chi connectivity index (χ2n) is 6.17. The maximum absolute atomic E-state index is 12.1. The van der Waals surface area contributed by atoms with Crippen molar-refractivity contribution in [2.24, 2.45) is 5.92 Å².